The topological polar surface area (TPSA) is 85.3 Å². The van der Waals surface area contributed by atoms with Gasteiger partial charge in [-0.05, 0) is 60.7 Å². The van der Waals surface area contributed by atoms with Crippen LogP contribution in [0.15, 0.2) is 42.0 Å². The van der Waals surface area contributed by atoms with Crippen molar-refractivity contribution in [1.82, 2.24) is 4.90 Å². The molecule has 7 heteroatoms. The molecule has 2 aromatic rings. The number of ketones is 1. The third-order valence-corrected chi connectivity index (χ3v) is 5.93. The highest BCUT2D eigenvalue weighted by Gasteiger charge is 2.46. The minimum absolute atomic E-state index is 0.0598. The van der Waals surface area contributed by atoms with Crippen LogP contribution >= 0.6 is 0 Å². The number of amides is 1. The van der Waals surface area contributed by atoms with Crippen molar-refractivity contribution < 1.29 is 28.9 Å². The third-order valence-electron chi connectivity index (χ3n) is 5.93. The number of nitrogens with zero attached hydrogens (tertiary/aromatic N) is 1. The summed E-state index contributed by atoms with van der Waals surface area (Å²) in [5, 5.41) is 11.4. The summed E-state index contributed by atoms with van der Waals surface area (Å²) in [5.41, 5.74) is 2.09. The van der Waals surface area contributed by atoms with E-state index in [2.05, 4.69) is 0 Å². The van der Waals surface area contributed by atoms with Crippen molar-refractivity contribution in [2.24, 2.45) is 0 Å². The van der Waals surface area contributed by atoms with E-state index >= 15 is 0 Å². The van der Waals surface area contributed by atoms with Crippen LogP contribution in [-0.4, -0.2) is 49.1 Å². The van der Waals surface area contributed by atoms with E-state index in [9.17, 15) is 14.7 Å². The molecule has 0 saturated carbocycles. The van der Waals surface area contributed by atoms with E-state index in [0.29, 0.717) is 42.2 Å². The number of hydrogen-bond acceptors (Lipinski definition) is 6. The zero-order valence-corrected chi connectivity index (χ0v) is 20.7. The predicted octanol–water partition coefficient (Wildman–Crippen LogP) is 5.06. The van der Waals surface area contributed by atoms with Gasteiger partial charge in [0.05, 0.1) is 32.4 Å². The Balaban J connectivity index is 2.21. The van der Waals surface area contributed by atoms with Gasteiger partial charge in [0.25, 0.3) is 11.7 Å². The lowest BCUT2D eigenvalue weighted by molar-refractivity contribution is -0.139. The summed E-state index contributed by atoms with van der Waals surface area (Å²) in [7, 11) is 3.07. The van der Waals surface area contributed by atoms with Gasteiger partial charge >= 0.3 is 0 Å². The van der Waals surface area contributed by atoms with Gasteiger partial charge < -0.3 is 24.2 Å². The van der Waals surface area contributed by atoms with Crippen molar-refractivity contribution in [2.45, 2.75) is 46.1 Å². The van der Waals surface area contributed by atoms with Crippen LogP contribution in [0.25, 0.3) is 5.76 Å². The van der Waals surface area contributed by atoms with Crippen LogP contribution in [0.2, 0.25) is 0 Å². The number of rotatable bonds is 9. The lowest BCUT2D eigenvalue weighted by Crippen LogP contribution is -2.30. The molecule has 0 bridgehead atoms. The van der Waals surface area contributed by atoms with Gasteiger partial charge in [-0.2, -0.15) is 0 Å². The van der Waals surface area contributed by atoms with Gasteiger partial charge in [-0.25, -0.2) is 0 Å². The van der Waals surface area contributed by atoms with E-state index in [1.807, 2.05) is 33.8 Å². The molecular formula is C27H33NO6. The van der Waals surface area contributed by atoms with Gasteiger partial charge in [0.15, 0.2) is 11.5 Å². The molecule has 1 fully saturated rings. The second-order valence-electron chi connectivity index (χ2n) is 8.45. The van der Waals surface area contributed by atoms with Gasteiger partial charge in [0.1, 0.15) is 11.5 Å². The molecule has 0 aromatic heterocycles. The fourth-order valence-corrected chi connectivity index (χ4v) is 4.31. The van der Waals surface area contributed by atoms with E-state index in [1.54, 1.807) is 37.4 Å². The highest BCUT2D eigenvalue weighted by atomic mass is 16.5. The smallest absolute Gasteiger partial charge is 0.295 e. The predicted molar refractivity (Wildman–Crippen MR) is 131 cm³/mol. The Hall–Kier alpha value is -3.48. The number of methoxy groups -OCH3 is 2. The number of hydrogen-bond donors (Lipinski definition) is 1. The van der Waals surface area contributed by atoms with E-state index in [4.69, 9.17) is 14.2 Å². The summed E-state index contributed by atoms with van der Waals surface area (Å²) in [5.74, 6) is 0.345. The van der Waals surface area contributed by atoms with Crippen LogP contribution in [0.3, 0.4) is 0 Å². The SMILES string of the molecule is CCCN1C(=O)C(=O)/C(=C(/O)c2ccc(OCC)c(C(C)C)c2)C1c1ccc(OC)c(OC)c1. The molecule has 1 aliphatic rings. The average molecular weight is 468 g/mol. The maximum Gasteiger partial charge on any atom is 0.295 e. The molecule has 1 unspecified atom stereocenters. The van der Waals surface area contributed by atoms with Gasteiger partial charge in [-0.15, -0.1) is 0 Å². The van der Waals surface area contributed by atoms with Crippen molar-refractivity contribution in [3.8, 4) is 17.2 Å². The van der Waals surface area contributed by atoms with Crippen LogP contribution in [0.4, 0.5) is 0 Å². The van der Waals surface area contributed by atoms with Crippen molar-refractivity contribution in [2.75, 3.05) is 27.4 Å². The van der Waals surface area contributed by atoms with Gasteiger partial charge in [-0.3, -0.25) is 9.59 Å². The monoisotopic (exact) mass is 467 g/mol. The number of carbonyl (C=O) groups excluding carboxylic acids is 2. The fourth-order valence-electron chi connectivity index (χ4n) is 4.31. The summed E-state index contributed by atoms with van der Waals surface area (Å²) in [6.45, 7) is 8.81. The molecule has 1 N–H and O–H groups in total. The van der Waals surface area contributed by atoms with Crippen molar-refractivity contribution in [3.63, 3.8) is 0 Å². The third kappa shape index (κ3) is 4.60. The normalized spacial score (nSPS) is 17.4. The molecule has 1 heterocycles. The largest absolute Gasteiger partial charge is 0.507 e. The molecule has 1 saturated heterocycles. The summed E-state index contributed by atoms with van der Waals surface area (Å²) >= 11 is 0. The molecule has 1 aliphatic heterocycles. The maximum atomic E-state index is 13.2. The number of aliphatic hydroxyl groups is 1. The molecule has 182 valence electrons. The second kappa shape index (κ2) is 10.6. The first-order valence-electron chi connectivity index (χ1n) is 11.6. The Morgan fingerprint density at radius 2 is 1.68 bits per heavy atom. The molecular weight excluding hydrogens is 434 g/mol. The first kappa shape index (κ1) is 25.1. The Bertz CT molecular complexity index is 1100. The van der Waals surface area contributed by atoms with E-state index < -0.39 is 17.7 Å². The number of ether oxygens (including phenoxy) is 3. The maximum absolute atomic E-state index is 13.2. The minimum Gasteiger partial charge on any atom is -0.507 e. The van der Waals surface area contributed by atoms with Crippen LogP contribution in [0.1, 0.15) is 62.8 Å². The van der Waals surface area contributed by atoms with Crippen LogP contribution < -0.4 is 14.2 Å². The number of Topliss-reactive ketones (excluding diaryl/α,β-unsaturated/α-hetero) is 1. The summed E-state index contributed by atoms with van der Waals surface area (Å²) < 4.78 is 16.5. The number of aliphatic hydroxyl groups excluding tert-OH is 1. The lowest BCUT2D eigenvalue weighted by Gasteiger charge is -2.25. The van der Waals surface area contributed by atoms with Crippen molar-refractivity contribution in [3.05, 3.63) is 58.7 Å². The van der Waals surface area contributed by atoms with Crippen molar-refractivity contribution in [1.29, 1.82) is 0 Å². The molecule has 3 rings (SSSR count). The Morgan fingerprint density at radius 1 is 1.00 bits per heavy atom. The number of carbonyl (C=O) groups is 2. The quantitative estimate of drug-likeness (QED) is 0.315. The van der Waals surface area contributed by atoms with E-state index in [0.717, 1.165) is 11.3 Å². The molecule has 7 nitrogen and oxygen atoms in total. The Kier molecular flexibility index (Phi) is 7.87. The minimum atomic E-state index is -0.742. The second-order valence-corrected chi connectivity index (χ2v) is 8.45. The average Bonchev–Trinajstić information content (AvgIpc) is 3.08. The Labute approximate surface area is 200 Å². The van der Waals surface area contributed by atoms with Crippen molar-refractivity contribution >= 4 is 17.4 Å². The van der Waals surface area contributed by atoms with Crippen LogP contribution in [0, 0.1) is 0 Å². The standard InChI is InChI=1S/C27H33NO6/c1-7-13-28-24(17-9-12-21(32-5)22(15-17)33-6)23(26(30)27(28)31)25(29)18-10-11-20(34-8-2)19(14-18)16(3)4/h9-12,14-16,24,29H,7-8,13H2,1-6H3/b25-23+. The first-order chi connectivity index (χ1) is 16.3. The zero-order valence-electron chi connectivity index (χ0n) is 20.7. The van der Waals surface area contributed by atoms with Gasteiger partial charge in [-0.1, -0.05) is 26.8 Å². The first-order valence-corrected chi connectivity index (χ1v) is 11.6. The zero-order chi connectivity index (χ0) is 25.0. The van der Waals surface area contributed by atoms with Gasteiger partial charge in [0, 0.05) is 12.1 Å². The lowest BCUT2D eigenvalue weighted by atomic mass is 9.93. The van der Waals surface area contributed by atoms with E-state index in [-0.39, 0.29) is 17.3 Å². The fraction of sp³-hybridized carbons (Fsp3) is 0.407. The molecule has 34 heavy (non-hydrogen) atoms. The summed E-state index contributed by atoms with van der Waals surface area (Å²) in [6.07, 6.45) is 0.664. The Morgan fingerprint density at radius 3 is 2.26 bits per heavy atom. The highest BCUT2D eigenvalue weighted by Crippen LogP contribution is 2.42. The van der Waals surface area contributed by atoms with E-state index in [1.165, 1.54) is 12.0 Å². The molecule has 0 radical (unpaired) electrons. The molecule has 0 spiro atoms. The van der Waals surface area contributed by atoms with Crippen LogP contribution in [0.5, 0.6) is 17.2 Å². The summed E-state index contributed by atoms with van der Waals surface area (Å²) in [4.78, 5) is 27.6. The summed E-state index contributed by atoms with van der Waals surface area (Å²) in [6, 6.07) is 9.84. The molecule has 0 aliphatic carbocycles. The molecule has 2 aromatic carbocycles. The molecule has 1 atom stereocenters. The van der Waals surface area contributed by atoms with Gasteiger partial charge in [0.2, 0.25) is 0 Å². The number of likely N-dealkylation sites (tertiary alicyclic amines) is 1. The molecule has 1 amide bonds. The van der Waals surface area contributed by atoms with Crippen LogP contribution in [-0.2, 0) is 9.59 Å². The number of benzene rings is 2. The highest BCUT2D eigenvalue weighted by molar-refractivity contribution is 6.46.